The molecule has 0 saturated heterocycles. The molecule has 0 saturated carbocycles. The van der Waals surface area contributed by atoms with Crippen LogP contribution in [0.2, 0.25) is 0 Å². The first-order valence-electron chi connectivity index (χ1n) is 4.83. The Morgan fingerprint density at radius 3 is 3.12 bits per heavy atom. The lowest BCUT2D eigenvalue weighted by Gasteiger charge is -1.99. The molecule has 0 aromatic carbocycles. The molecule has 2 aromatic heterocycles. The van der Waals surface area contributed by atoms with E-state index >= 15 is 0 Å². The molecule has 2 aromatic rings. The SMILES string of the molecule is [C-]#[N+]c1nn2ccc(=O)[nH]c2c1C(=O)OCC. The van der Waals surface area contributed by atoms with Crippen LogP contribution < -0.4 is 5.56 Å². The van der Waals surface area contributed by atoms with Crippen molar-refractivity contribution in [3.63, 3.8) is 0 Å². The van der Waals surface area contributed by atoms with Gasteiger partial charge in [-0.3, -0.25) is 4.79 Å². The highest BCUT2D eigenvalue weighted by molar-refractivity contribution is 6.01. The van der Waals surface area contributed by atoms with Crippen LogP contribution >= 0.6 is 0 Å². The number of hydrogen-bond acceptors (Lipinski definition) is 4. The second-order valence-electron chi connectivity index (χ2n) is 3.13. The predicted molar refractivity (Wildman–Crippen MR) is 58.0 cm³/mol. The fraction of sp³-hybridized carbons (Fsp3) is 0.200. The van der Waals surface area contributed by atoms with Crippen molar-refractivity contribution >= 4 is 17.4 Å². The molecule has 0 radical (unpaired) electrons. The molecule has 7 heteroatoms. The van der Waals surface area contributed by atoms with Crippen LogP contribution in [0.15, 0.2) is 17.1 Å². The van der Waals surface area contributed by atoms with E-state index in [1.165, 1.54) is 16.8 Å². The molecular formula is C10H8N4O3. The van der Waals surface area contributed by atoms with Gasteiger partial charge in [-0.1, -0.05) is 6.57 Å². The highest BCUT2D eigenvalue weighted by Gasteiger charge is 2.22. The molecule has 1 N–H and O–H groups in total. The van der Waals surface area contributed by atoms with Gasteiger partial charge < -0.3 is 14.6 Å². The van der Waals surface area contributed by atoms with Crippen molar-refractivity contribution in [1.82, 2.24) is 14.6 Å². The minimum Gasteiger partial charge on any atom is -0.463 e. The molecule has 7 nitrogen and oxygen atoms in total. The molecular weight excluding hydrogens is 224 g/mol. The third kappa shape index (κ3) is 1.76. The Bertz CT molecular complexity index is 677. The number of fused-ring (bicyclic) bond motifs is 1. The van der Waals surface area contributed by atoms with Crippen LogP contribution in [-0.4, -0.2) is 27.2 Å². The van der Waals surface area contributed by atoms with Crippen molar-refractivity contribution in [2.24, 2.45) is 0 Å². The fourth-order valence-electron chi connectivity index (χ4n) is 1.42. The largest absolute Gasteiger partial charge is 0.463 e. The predicted octanol–water partition coefficient (Wildman–Crippen LogP) is 0.750. The first-order chi connectivity index (χ1) is 8.17. The van der Waals surface area contributed by atoms with Gasteiger partial charge in [0, 0.05) is 6.07 Å². The van der Waals surface area contributed by atoms with Crippen LogP contribution in [0.25, 0.3) is 10.5 Å². The van der Waals surface area contributed by atoms with E-state index in [-0.39, 0.29) is 29.2 Å². The fourth-order valence-corrected chi connectivity index (χ4v) is 1.42. The number of esters is 1. The monoisotopic (exact) mass is 232 g/mol. The molecule has 0 bridgehead atoms. The zero-order chi connectivity index (χ0) is 12.4. The highest BCUT2D eigenvalue weighted by atomic mass is 16.5. The third-order valence-electron chi connectivity index (χ3n) is 2.09. The Morgan fingerprint density at radius 1 is 1.71 bits per heavy atom. The van der Waals surface area contributed by atoms with Crippen molar-refractivity contribution in [2.75, 3.05) is 6.61 Å². The van der Waals surface area contributed by atoms with Gasteiger partial charge in [-0.05, 0) is 12.0 Å². The molecule has 0 atom stereocenters. The summed E-state index contributed by atoms with van der Waals surface area (Å²) in [5.74, 6) is -0.763. The van der Waals surface area contributed by atoms with Crippen LogP contribution in [-0.2, 0) is 4.74 Å². The Kier molecular flexibility index (Phi) is 2.62. The summed E-state index contributed by atoms with van der Waals surface area (Å²) in [6.45, 7) is 8.79. The van der Waals surface area contributed by atoms with Gasteiger partial charge in [0.2, 0.25) is 0 Å². The van der Waals surface area contributed by atoms with Gasteiger partial charge in [-0.2, -0.15) is 0 Å². The number of aromatic nitrogens is 3. The summed E-state index contributed by atoms with van der Waals surface area (Å²) in [6, 6.07) is 1.25. The van der Waals surface area contributed by atoms with E-state index in [1.54, 1.807) is 6.92 Å². The number of hydrogen-bond donors (Lipinski definition) is 1. The van der Waals surface area contributed by atoms with Crippen molar-refractivity contribution in [1.29, 1.82) is 0 Å². The highest BCUT2D eigenvalue weighted by Crippen LogP contribution is 2.21. The minimum absolute atomic E-state index is 0.0143. The van der Waals surface area contributed by atoms with E-state index in [2.05, 4.69) is 14.9 Å². The topological polar surface area (TPSA) is 80.8 Å². The number of H-pyrrole nitrogens is 1. The van der Waals surface area contributed by atoms with E-state index in [0.717, 1.165) is 0 Å². The lowest BCUT2D eigenvalue weighted by molar-refractivity contribution is 0.0529. The van der Waals surface area contributed by atoms with Gasteiger partial charge >= 0.3 is 11.8 Å². The van der Waals surface area contributed by atoms with E-state index < -0.39 is 5.97 Å². The molecule has 0 amide bonds. The molecule has 0 spiro atoms. The Morgan fingerprint density at radius 2 is 2.47 bits per heavy atom. The van der Waals surface area contributed by atoms with Gasteiger partial charge in [0.25, 0.3) is 5.56 Å². The van der Waals surface area contributed by atoms with Crippen LogP contribution in [0, 0.1) is 6.57 Å². The smallest absolute Gasteiger partial charge is 0.333 e. The van der Waals surface area contributed by atoms with Crippen LogP contribution in [0.1, 0.15) is 17.3 Å². The van der Waals surface area contributed by atoms with E-state index in [4.69, 9.17) is 11.3 Å². The Hall–Kier alpha value is -2.62. The van der Waals surface area contributed by atoms with Gasteiger partial charge in [0.15, 0.2) is 5.65 Å². The number of ether oxygens (including phenoxy) is 1. The first-order valence-corrected chi connectivity index (χ1v) is 4.83. The summed E-state index contributed by atoms with van der Waals surface area (Å²) in [6.07, 6.45) is 1.38. The summed E-state index contributed by atoms with van der Waals surface area (Å²) in [5, 5.41) is 3.87. The van der Waals surface area contributed by atoms with E-state index in [9.17, 15) is 9.59 Å². The Labute approximate surface area is 95.5 Å². The molecule has 86 valence electrons. The number of nitrogens with one attached hydrogen (secondary N) is 1. The summed E-state index contributed by atoms with van der Waals surface area (Å²) in [7, 11) is 0. The maximum atomic E-state index is 11.7. The van der Waals surface area contributed by atoms with Crippen LogP contribution in [0.5, 0.6) is 0 Å². The molecule has 0 unspecified atom stereocenters. The molecule has 0 aliphatic rings. The maximum Gasteiger partial charge on any atom is 0.333 e. The second kappa shape index (κ2) is 4.09. The molecule has 2 heterocycles. The van der Waals surface area contributed by atoms with Gasteiger partial charge in [-0.15, -0.1) is 4.52 Å². The maximum absolute atomic E-state index is 11.7. The quantitative estimate of drug-likeness (QED) is 0.612. The van der Waals surface area contributed by atoms with Crippen LogP contribution in [0.4, 0.5) is 5.82 Å². The zero-order valence-electron chi connectivity index (χ0n) is 8.93. The molecule has 2 rings (SSSR count). The van der Waals surface area contributed by atoms with Crippen molar-refractivity contribution < 1.29 is 9.53 Å². The average Bonchev–Trinajstić information content (AvgIpc) is 2.66. The van der Waals surface area contributed by atoms with Gasteiger partial charge in [0.1, 0.15) is 5.56 Å². The van der Waals surface area contributed by atoms with Gasteiger partial charge in [0.05, 0.1) is 12.8 Å². The average molecular weight is 232 g/mol. The number of aromatic amines is 1. The first kappa shape index (κ1) is 10.9. The molecule has 17 heavy (non-hydrogen) atoms. The summed E-state index contributed by atoms with van der Waals surface area (Å²) in [4.78, 5) is 28.4. The lowest BCUT2D eigenvalue weighted by atomic mass is 10.3. The summed E-state index contributed by atoms with van der Waals surface area (Å²) in [5.41, 5.74) is -0.221. The molecule has 0 aliphatic heterocycles. The third-order valence-corrected chi connectivity index (χ3v) is 2.09. The summed E-state index contributed by atoms with van der Waals surface area (Å²) < 4.78 is 6.08. The number of carbonyl (C=O) groups excluding carboxylic acids is 1. The van der Waals surface area contributed by atoms with Gasteiger partial charge in [-0.25, -0.2) is 4.79 Å². The number of nitrogens with zero attached hydrogens (tertiary/aromatic N) is 3. The van der Waals surface area contributed by atoms with Crippen molar-refractivity contribution in [2.45, 2.75) is 6.92 Å². The molecule has 0 aliphatic carbocycles. The number of carbonyl (C=O) groups is 1. The van der Waals surface area contributed by atoms with Crippen molar-refractivity contribution in [3.05, 3.63) is 39.6 Å². The minimum atomic E-state index is -0.671. The van der Waals surface area contributed by atoms with Crippen LogP contribution in [0.3, 0.4) is 0 Å². The summed E-state index contributed by atoms with van der Waals surface area (Å²) >= 11 is 0. The van der Waals surface area contributed by atoms with Crippen molar-refractivity contribution in [3.8, 4) is 0 Å². The number of rotatable bonds is 2. The molecule has 0 fully saturated rings. The lowest BCUT2D eigenvalue weighted by Crippen LogP contribution is -2.10. The normalized spacial score (nSPS) is 10.1. The standard InChI is InChI=1S/C10H8N4O3/c1-3-17-10(16)7-8(11-2)13-14-5-4-6(15)12-9(7)14/h4-5H,3H2,1H3,(H,12,15). The second-order valence-corrected chi connectivity index (χ2v) is 3.13. The van der Waals surface area contributed by atoms with E-state index in [0.29, 0.717) is 0 Å². The Balaban J connectivity index is 2.74. The van der Waals surface area contributed by atoms with E-state index in [1.807, 2.05) is 0 Å². The zero-order valence-corrected chi connectivity index (χ0v) is 8.93.